The molecule has 1 aromatic rings. The molecule has 1 aromatic heterocycles. The van der Waals surface area contributed by atoms with Crippen molar-refractivity contribution in [3.63, 3.8) is 0 Å². The molecule has 4 nitrogen and oxygen atoms in total. The van der Waals surface area contributed by atoms with Crippen molar-refractivity contribution in [3.8, 4) is 0 Å². The van der Waals surface area contributed by atoms with Gasteiger partial charge in [-0.1, -0.05) is 6.07 Å². The number of aliphatic hydroxyl groups excluding tert-OH is 1. The highest BCUT2D eigenvalue weighted by Crippen LogP contribution is 2.60. The second kappa shape index (κ2) is 5.77. The van der Waals surface area contributed by atoms with Crippen LogP contribution in [0.2, 0.25) is 0 Å². The van der Waals surface area contributed by atoms with E-state index in [1.165, 1.54) is 11.3 Å². The first kappa shape index (κ1) is 12.9. The third kappa shape index (κ3) is 3.13. The normalized spacial score (nSPS) is 14.1. The van der Waals surface area contributed by atoms with E-state index < -0.39 is 13.4 Å². The van der Waals surface area contributed by atoms with Gasteiger partial charge >= 0.3 is 7.60 Å². The summed E-state index contributed by atoms with van der Waals surface area (Å²) < 4.78 is 22.2. The predicted octanol–water partition coefficient (Wildman–Crippen LogP) is 3.01. The van der Waals surface area contributed by atoms with Crippen LogP contribution >= 0.6 is 18.9 Å². The van der Waals surface area contributed by atoms with Gasteiger partial charge in [0, 0.05) is 4.88 Å². The van der Waals surface area contributed by atoms with Crippen LogP contribution in [-0.4, -0.2) is 18.3 Å². The van der Waals surface area contributed by atoms with Gasteiger partial charge in [0.25, 0.3) is 0 Å². The van der Waals surface area contributed by atoms with Crippen LogP contribution in [0, 0.1) is 0 Å². The maximum absolute atomic E-state index is 12.1. The van der Waals surface area contributed by atoms with E-state index in [4.69, 9.17) is 9.05 Å². The summed E-state index contributed by atoms with van der Waals surface area (Å²) in [5.74, 6) is -1.18. The molecule has 0 radical (unpaired) electrons. The Balaban J connectivity index is 2.84. The Kier molecular flexibility index (Phi) is 4.96. The van der Waals surface area contributed by atoms with E-state index in [2.05, 4.69) is 0 Å². The van der Waals surface area contributed by atoms with Crippen molar-refractivity contribution < 1.29 is 18.7 Å². The molecule has 0 aliphatic heterocycles. The average Bonchev–Trinajstić information content (AvgIpc) is 2.70. The van der Waals surface area contributed by atoms with Gasteiger partial charge in [-0.05, 0) is 25.3 Å². The SMILES string of the molecule is CCOP(=O)(OCC)C(O)c1cccs1. The van der Waals surface area contributed by atoms with Gasteiger partial charge in [-0.3, -0.25) is 4.57 Å². The van der Waals surface area contributed by atoms with E-state index in [1.807, 2.05) is 0 Å². The van der Waals surface area contributed by atoms with Crippen LogP contribution in [0.25, 0.3) is 0 Å². The lowest BCUT2D eigenvalue weighted by molar-refractivity contribution is 0.152. The zero-order chi connectivity index (χ0) is 11.3. The molecule has 0 spiro atoms. The van der Waals surface area contributed by atoms with Gasteiger partial charge in [-0.15, -0.1) is 11.3 Å². The third-order valence-corrected chi connectivity index (χ3v) is 4.93. The van der Waals surface area contributed by atoms with Crippen molar-refractivity contribution in [2.24, 2.45) is 0 Å². The maximum atomic E-state index is 12.1. The summed E-state index contributed by atoms with van der Waals surface area (Å²) in [4.78, 5) is 0.597. The van der Waals surface area contributed by atoms with Gasteiger partial charge in [0.1, 0.15) is 0 Å². The van der Waals surface area contributed by atoms with E-state index >= 15 is 0 Å². The third-order valence-electron chi connectivity index (χ3n) is 1.72. The first-order chi connectivity index (χ1) is 7.14. The van der Waals surface area contributed by atoms with E-state index in [-0.39, 0.29) is 13.2 Å². The summed E-state index contributed by atoms with van der Waals surface area (Å²) in [6, 6.07) is 3.49. The number of hydrogen-bond donors (Lipinski definition) is 1. The quantitative estimate of drug-likeness (QED) is 0.788. The van der Waals surface area contributed by atoms with E-state index in [1.54, 1.807) is 31.4 Å². The molecule has 0 aliphatic carbocycles. The van der Waals surface area contributed by atoms with Crippen LogP contribution in [-0.2, 0) is 13.6 Å². The second-order valence-corrected chi connectivity index (χ2v) is 5.83. The standard InChI is InChI=1S/C9H15O4PS/c1-3-12-14(11,13-4-2)9(10)8-6-5-7-15-8/h5-7,9-10H,3-4H2,1-2H3. The van der Waals surface area contributed by atoms with Gasteiger partial charge in [0.2, 0.25) is 0 Å². The van der Waals surface area contributed by atoms with Gasteiger partial charge in [0.15, 0.2) is 5.85 Å². The molecular weight excluding hydrogens is 235 g/mol. The highest BCUT2D eigenvalue weighted by atomic mass is 32.1. The van der Waals surface area contributed by atoms with Crippen molar-refractivity contribution in [3.05, 3.63) is 22.4 Å². The molecule has 1 rings (SSSR count). The molecule has 0 saturated carbocycles. The summed E-state index contributed by atoms with van der Waals surface area (Å²) in [5.41, 5.74) is 0. The largest absolute Gasteiger partial charge is 0.376 e. The molecule has 0 saturated heterocycles. The Morgan fingerprint density at radius 2 is 2.07 bits per heavy atom. The fourth-order valence-electron chi connectivity index (χ4n) is 1.13. The highest BCUT2D eigenvalue weighted by Gasteiger charge is 2.35. The first-order valence-corrected chi connectivity index (χ1v) is 7.23. The Hall–Kier alpha value is -0.190. The van der Waals surface area contributed by atoms with Crippen molar-refractivity contribution in [2.75, 3.05) is 13.2 Å². The van der Waals surface area contributed by atoms with Gasteiger partial charge in [0.05, 0.1) is 13.2 Å². The lowest BCUT2D eigenvalue weighted by Gasteiger charge is -2.21. The van der Waals surface area contributed by atoms with E-state index in [9.17, 15) is 9.67 Å². The molecule has 86 valence electrons. The fraction of sp³-hybridized carbons (Fsp3) is 0.556. The molecular formula is C9H15O4PS. The molecule has 1 atom stereocenters. The summed E-state index contributed by atoms with van der Waals surface area (Å²) in [6.07, 6.45) is 0. The molecule has 0 fully saturated rings. The number of thiophene rings is 1. The highest BCUT2D eigenvalue weighted by molar-refractivity contribution is 7.54. The number of aliphatic hydroxyl groups is 1. The minimum Gasteiger partial charge on any atom is -0.376 e. The van der Waals surface area contributed by atoms with Crippen LogP contribution in [0.4, 0.5) is 0 Å². The van der Waals surface area contributed by atoms with Crippen LogP contribution < -0.4 is 0 Å². The van der Waals surface area contributed by atoms with E-state index in [0.29, 0.717) is 4.88 Å². The van der Waals surface area contributed by atoms with Crippen molar-refractivity contribution in [1.82, 2.24) is 0 Å². The van der Waals surface area contributed by atoms with Gasteiger partial charge in [-0.25, -0.2) is 0 Å². The van der Waals surface area contributed by atoms with Crippen LogP contribution in [0.5, 0.6) is 0 Å². The topological polar surface area (TPSA) is 55.8 Å². The zero-order valence-electron chi connectivity index (χ0n) is 8.75. The van der Waals surface area contributed by atoms with Crippen LogP contribution in [0.15, 0.2) is 17.5 Å². The molecule has 6 heteroatoms. The van der Waals surface area contributed by atoms with Crippen LogP contribution in [0.1, 0.15) is 24.6 Å². The smallest absolute Gasteiger partial charge is 0.364 e. The van der Waals surface area contributed by atoms with E-state index in [0.717, 1.165) is 0 Å². The second-order valence-electron chi connectivity index (χ2n) is 2.76. The molecule has 1 heterocycles. The molecule has 0 bridgehead atoms. The van der Waals surface area contributed by atoms with Crippen molar-refractivity contribution in [2.45, 2.75) is 19.7 Å². The summed E-state index contributed by atoms with van der Waals surface area (Å²) in [6.45, 7) is 3.93. The van der Waals surface area contributed by atoms with Crippen molar-refractivity contribution in [1.29, 1.82) is 0 Å². The monoisotopic (exact) mass is 250 g/mol. The zero-order valence-corrected chi connectivity index (χ0v) is 10.5. The number of rotatable bonds is 6. The minimum absolute atomic E-state index is 0.250. The lowest BCUT2D eigenvalue weighted by atomic mass is 10.5. The summed E-state index contributed by atoms with van der Waals surface area (Å²) >= 11 is 1.33. The molecule has 0 aromatic carbocycles. The number of hydrogen-bond acceptors (Lipinski definition) is 5. The molecule has 1 N–H and O–H groups in total. The van der Waals surface area contributed by atoms with Crippen LogP contribution in [0.3, 0.4) is 0 Å². The molecule has 1 unspecified atom stereocenters. The predicted molar refractivity (Wildman–Crippen MR) is 60.1 cm³/mol. The lowest BCUT2D eigenvalue weighted by Crippen LogP contribution is -2.04. The Morgan fingerprint density at radius 3 is 2.47 bits per heavy atom. The fourth-order valence-corrected chi connectivity index (χ4v) is 3.77. The Labute approximate surface area is 93.4 Å². The first-order valence-electron chi connectivity index (χ1n) is 4.74. The Bertz CT molecular complexity index is 315. The molecule has 15 heavy (non-hydrogen) atoms. The Morgan fingerprint density at radius 1 is 1.47 bits per heavy atom. The summed E-state index contributed by atoms with van der Waals surface area (Å²) in [5, 5.41) is 11.7. The van der Waals surface area contributed by atoms with Crippen molar-refractivity contribution >= 4 is 18.9 Å². The maximum Gasteiger partial charge on any atom is 0.364 e. The van der Waals surface area contributed by atoms with Gasteiger partial charge < -0.3 is 14.2 Å². The summed E-state index contributed by atoms with van der Waals surface area (Å²) in [7, 11) is -3.43. The molecule has 0 amide bonds. The minimum atomic E-state index is -3.43. The molecule has 0 aliphatic rings. The van der Waals surface area contributed by atoms with Gasteiger partial charge in [-0.2, -0.15) is 0 Å². The average molecular weight is 250 g/mol.